The van der Waals surface area contributed by atoms with Crippen LogP contribution in [-0.2, 0) is 6.54 Å². The molecule has 1 aromatic heterocycles. The molecule has 0 radical (unpaired) electrons. The van der Waals surface area contributed by atoms with Crippen molar-refractivity contribution in [2.45, 2.75) is 39.3 Å². The highest BCUT2D eigenvalue weighted by atomic mass is 16.5. The average molecular weight is 292 g/mol. The summed E-state index contributed by atoms with van der Waals surface area (Å²) in [6.07, 6.45) is 2.12. The third kappa shape index (κ3) is 2.77. The molecule has 2 aliphatic heterocycles. The highest BCUT2D eigenvalue weighted by Crippen LogP contribution is 2.23. The Morgan fingerprint density at radius 1 is 1.19 bits per heavy atom. The lowest BCUT2D eigenvalue weighted by atomic mass is 10.0. The predicted molar refractivity (Wildman–Crippen MR) is 79.0 cm³/mol. The first-order valence-corrected chi connectivity index (χ1v) is 7.72. The molecule has 0 unspecified atom stereocenters. The monoisotopic (exact) mass is 292 g/mol. The average Bonchev–Trinajstić information content (AvgIpc) is 2.97. The van der Waals surface area contributed by atoms with Gasteiger partial charge in [-0.2, -0.15) is 0 Å². The zero-order valence-electron chi connectivity index (χ0n) is 13.1. The van der Waals surface area contributed by atoms with Gasteiger partial charge in [-0.05, 0) is 26.7 Å². The topological polar surface area (TPSA) is 52.8 Å². The third-order valence-electron chi connectivity index (χ3n) is 4.81. The zero-order valence-corrected chi connectivity index (χ0v) is 13.1. The van der Waals surface area contributed by atoms with E-state index in [-0.39, 0.29) is 6.03 Å². The van der Waals surface area contributed by atoms with E-state index >= 15 is 0 Å². The highest BCUT2D eigenvalue weighted by molar-refractivity contribution is 5.76. The first-order valence-electron chi connectivity index (χ1n) is 7.72. The van der Waals surface area contributed by atoms with Crippen molar-refractivity contribution < 1.29 is 9.32 Å². The molecule has 0 aliphatic carbocycles. The van der Waals surface area contributed by atoms with Crippen molar-refractivity contribution in [2.24, 2.45) is 0 Å². The van der Waals surface area contributed by atoms with Gasteiger partial charge in [0.25, 0.3) is 0 Å². The lowest BCUT2D eigenvalue weighted by Gasteiger charge is -2.36. The van der Waals surface area contributed by atoms with Crippen molar-refractivity contribution in [1.29, 1.82) is 0 Å². The molecule has 3 rings (SSSR count). The van der Waals surface area contributed by atoms with E-state index in [1.807, 2.05) is 30.7 Å². The quantitative estimate of drug-likeness (QED) is 0.849. The van der Waals surface area contributed by atoms with Crippen LogP contribution in [0.25, 0.3) is 0 Å². The fourth-order valence-corrected chi connectivity index (χ4v) is 3.35. The summed E-state index contributed by atoms with van der Waals surface area (Å²) in [6, 6.07) is 0.600. The molecule has 0 atom stereocenters. The zero-order chi connectivity index (χ0) is 15.0. The Balaban J connectivity index is 1.55. The summed E-state index contributed by atoms with van der Waals surface area (Å²) >= 11 is 0. The highest BCUT2D eigenvalue weighted by Gasteiger charge is 2.33. The molecule has 6 heteroatoms. The van der Waals surface area contributed by atoms with Gasteiger partial charge in [-0.1, -0.05) is 5.16 Å². The van der Waals surface area contributed by atoms with Crippen LogP contribution in [0.1, 0.15) is 29.9 Å². The largest absolute Gasteiger partial charge is 0.361 e. The number of nitrogens with zero attached hydrogens (tertiary/aromatic N) is 4. The Morgan fingerprint density at radius 3 is 2.43 bits per heavy atom. The van der Waals surface area contributed by atoms with E-state index in [4.69, 9.17) is 4.52 Å². The first-order chi connectivity index (χ1) is 10.1. The van der Waals surface area contributed by atoms with Gasteiger partial charge in [-0.15, -0.1) is 0 Å². The van der Waals surface area contributed by atoms with Crippen molar-refractivity contribution in [3.63, 3.8) is 0 Å². The number of aromatic nitrogens is 1. The number of likely N-dealkylation sites (tertiary alicyclic amines) is 1. The Bertz CT molecular complexity index is 500. The predicted octanol–water partition coefficient (Wildman–Crippen LogP) is 1.62. The molecule has 21 heavy (non-hydrogen) atoms. The molecule has 2 amide bonds. The maximum absolute atomic E-state index is 12.0. The molecule has 116 valence electrons. The normalized spacial score (nSPS) is 21.6. The van der Waals surface area contributed by atoms with Crippen LogP contribution in [0.3, 0.4) is 0 Å². The molecule has 1 aromatic rings. The summed E-state index contributed by atoms with van der Waals surface area (Å²) in [5.74, 6) is 0.922. The summed E-state index contributed by atoms with van der Waals surface area (Å²) in [5, 5.41) is 4.02. The second-order valence-corrected chi connectivity index (χ2v) is 6.21. The van der Waals surface area contributed by atoms with E-state index in [0.717, 1.165) is 57.0 Å². The SMILES string of the molecule is Cc1noc(C)c1CN1CCC(N2CCN(C)C2=O)CC1. The minimum Gasteiger partial charge on any atom is -0.361 e. The Kier molecular flexibility index (Phi) is 3.89. The van der Waals surface area contributed by atoms with Crippen LogP contribution in [0.4, 0.5) is 4.79 Å². The molecule has 0 spiro atoms. The Hall–Kier alpha value is -1.56. The van der Waals surface area contributed by atoms with E-state index in [1.54, 1.807) is 0 Å². The number of likely N-dealkylation sites (N-methyl/N-ethyl adjacent to an activating group) is 1. The molecule has 0 saturated carbocycles. The summed E-state index contributed by atoms with van der Waals surface area (Å²) in [6.45, 7) is 8.67. The Morgan fingerprint density at radius 2 is 1.90 bits per heavy atom. The standard InChI is InChI=1S/C15H24N4O2/c1-11-14(12(2)21-16-11)10-18-6-4-13(5-7-18)19-9-8-17(3)15(19)20/h13H,4-10H2,1-3H3. The van der Waals surface area contributed by atoms with Crippen LogP contribution in [0, 0.1) is 13.8 Å². The molecule has 3 heterocycles. The fraction of sp³-hybridized carbons (Fsp3) is 0.733. The number of hydrogen-bond acceptors (Lipinski definition) is 4. The van der Waals surface area contributed by atoms with Crippen molar-refractivity contribution in [3.05, 3.63) is 17.0 Å². The number of rotatable bonds is 3. The van der Waals surface area contributed by atoms with Crippen LogP contribution in [0.5, 0.6) is 0 Å². The number of aryl methyl sites for hydroxylation is 2. The minimum atomic E-state index is 0.194. The Labute approximate surface area is 125 Å². The lowest BCUT2D eigenvalue weighted by Crippen LogP contribution is -2.46. The summed E-state index contributed by atoms with van der Waals surface area (Å²) in [7, 11) is 1.88. The summed E-state index contributed by atoms with van der Waals surface area (Å²) in [5.41, 5.74) is 2.21. The molecular formula is C15H24N4O2. The summed E-state index contributed by atoms with van der Waals surface area (Å²) in [4.78, 5) is 18.4. The van der Waals surface area contributed by atoms with Gasteiger partial charge in [0.15, 0.2) is 0 Å². The van der Waals surface area contributed by atoms with Gasteiger partial charge in [0, 0.05) is 51.4 Å². The van der Waals surface area contributed by atoms with Gasteiger partial charge in [0.05, 0.1) is 5.69 Å². The van der Waals surface area contributed by atoms with Gasteiger partial charge in [0.2, 0.25) is 0 Å². The van der Waals surface area contributed by atoms with Crippen LogP contribution < -0.4 is 0 Å². The molecule has 2 saturated heterocycles. The molecule has 6 nitrogen and oxygen atoms in total. The third-order valence-corrected chi connectivity index (χ3v) is 4.81. The number of amides is 2. The number of carbonyl (C=O) groups is 1. The molecule has 2 aliphatic rings. The molecule has 0 N–H and O–H groups in total. The van der Waals surface area contributed by atoms with E-state index in [1.165, 1.54) is 5.56 Å². The minimum absolute atomic E-state index is 0.194. The van der Waals surface area contributed by atoms with E-state index in [0.29, 0.717) is 6.04 Å². The summed E-state index contributed by atoms with van der Waals surface area (Å²) < 4.78 is 5.23. The van der Waals surface area contributed by atoms with Crippen LogP contribution in [0.15, 0.2) is 4.52 Å². The van der Waals surface area contributed by atoms with Crippen molar-refractivity contribution >= 4 is 6.03 Å². The van der Waals surface area contributed by atoms with Gasteiger partial charge in [0.1, 0.15) is 5.76 Å². The van der Waals surface area contributed by atoms with Gasteiger partial charge in [-0.3, -0.25) is 4.90 Å². The lowest BCUT2D eigenvalue weighted by molar-refractivity contribution is 0.127. The van der Waals surface area contributed by atoms with Crippen molar-refractivity contribution in [1.82, 2.24) is 19.9 Å². The van der Waals surface area contributed by atoms with E-state index < -0.39 is 0 Å². The first kappa shape index (κ1) is 14.4. The van der Waals surface area contributed by atoms with E-state index in [9.17, 15) is 4.79 Å². The smallest absolute Gasteiger partial charge is 0.320 e. The van der Waals surface area contributed by atoms with Crippen molar-refractivity contribution in [3.8, 4) is 0 Å². The van der Waals surface area contributed by atoms with Crippen molar-refractivity contribution in [2.75, 3.05) is 33.2 Å². The fourth-order valence-electron chi connectivity index (χ4n) is 3.35. The second-order valence-electron chi connectivity index (χ2n) is 6.21. The van der Waals surface area contributed by atoms with Gasteiger partial charge < -0.3 is 14.3 Å². The second kappa shape index (κ2) is 5.67. The van der Waals surface area contributed by atoms with E-state index in [2.05, 4.69) is 10.1 Å². The number of piperidine rings is 1. The van der Waals surface area contributed by atoms with Crippen LogP contribution >= 0.6 is 0 Å². The number of carbonyl (C=O) groups excluding carboxylic acids is 1. The molecular weight excluding hydrogens is 268 g/mol. The van der Waals surface area contributed by atoms with Crippen LogP contribution in [-0.4, -0.2) is 65.2 Å². The molecule has 0 bridgehead atoms. The number of hydrogen-bond donors (Lipinski definition) is 0. The van der Waals surface area contributed by atoms with Crippen LogP contribution in [0.2, 0.25) is 0 Å². The van der Waals surface area contributed by atoms with Gasteiger partial charge in [-0.25, -0.2) is 4.79 Å². The van der Waals surface area contributed by atoms with Gasteiger partial charge >= 0.3 is 6.03 Å². The maximum atomic E-state index is 12.0. The maximum Gasteiger partial charge on any atom is 0.320 e. The number of urea groups is 1. The molecule has 0 aromatic carbocycles. The molecule has 2 fully saturated rings.